The number of amides is 4. The Kier molecular flexibility index (Phi) is 13.6. The number of carbonyl (C=O) groups is 4. The minimum atomic E-state index is -1.32. The normalized spacial score (nSPS) is 20.4. The average Bonchev–Trinajstić information content (AvgIpc) is 3.99. The fourth-order valence-corrected chi connectivity index (χ4v) is 8.58. The van der Waals surface area contributed by atoms with Gasteiger partial charge in [-0.05, 0) is 94.9 Å². The molecule has 5 N–H and O–H groups in total. The van der Waals surface area contributed by atoms with Crippen molar-refractivity contribution in [2.45, 2.75) is 129 Å². The van der Waals surface area contributed by atoms with E-state index in [-0.39, 0.29) is 49.7 Å². The number of likely N-dealkylation sites (N-methyl/N-ethyl adjacent to an activating group) is 2. The van der Waals surface area contributed by atoms with Crippen LogP contribution in [0.25, 0.3) is 33.5 Å². The van der Waals surface area contributed by atoms with Gasteiger partial charge in [-0.2, -0.15) is 0 Å². The molecule has 4 aromatic rings. The zero-order chi connectivity index (χ0) is 43.6. The lowest BCUT2D eigenvalue weighted by Crippen LogP contribution is -2.58. The summed E-state index contributed by atoms with van der Waals surface area (Å²) in [6.07, 6.45) is 1.45. The molecule has 2 aromatic carbocycles. The third-order valence-corrected chi connectivity index (χ3v) is 12.2. The van der Waals surface area contributed by atoms with Gasteiger partial charge in [-0.3, -0.25) is 19.2 Å². The van der Waals surface area contributed by atoms with Crippen LogP contribution in [0, 0.1) is 17.0 Å². The summed E-state index contributed by atoms with van der Waals surface area (Å²) in [6.45, 7) is 11.5. The summed E-state index contributed by atoms with van der Waals surface area (Å²) < 4.78 is 47.2. The highest BCUT2D eigenvalue weighted by molar-refractivity contribution is 5.93. The minimum absolute atomic E-state index is 0.0418. The molecule has 0 radical (unpaired) electrons. The largest absolute Gasteiger partial charge is 0.352 e. The summed E-state index contributed by atoms with van der Waals surface area (Å²) in [5.74, 6) is -1.74. The van der Waals surface area contributed by atoms with Crippen LogP contribution in [-0.4, -0.2) is 118 Å². The molecule has 60 heavy (non-hydrogen) atoms. The summed E-state index contributed by atoms with van der Waals surface area (Å²) in [7, 11) is 3.34. The predicted molar refractivity (Wildman–Crippen MR) is 226 cm³/mol. The molecule has 2 aliphatic rings. The monoisotopic (exact) mass is 835 g/mol. The SMILES string of the molecule is CCC[C@H](NC(=O)[C@H](C)NC)C(=O)N1CCC[C@H]1Cn1c(-c2[nH]c3cc(F)ccc3c2C[C@@H]2C[C@H](F)CN2C(=O)[C@@H](NC(=O)[C@H](C)NC)C(C)(C)C)nc2cc(F)ccc21. The molecule has 2 aromatic heterocycles. The molecule has 4 amide bonds. The van der Waals surface area contributed by atoms with Gasteiger partial charge in [0.25, 0.3) is 0 Å². The number of H-pyrrole nitrogens is 1. The maximum atomic E-state index is 15.6. The maximum absolute atomic E-state index is 15.6. The topological polar surface area (TPSA) is 156 Å². The molecule has 16 heteroatoms. The first-order valence-corrected chi connectivity index (χ1v) is 21.1. The van der Waals surface area contributed by atoms with Crippen molar-refractivity contribution in [2.24, 2.45) is 5.41 Å². The standard InChI is InChI=1S/C44H60F3N9O4/c1-9-11-33(52-40(57)24(2)48-7)42(59)54-17-10-12-29(54)23-56-36-16-14-27(46)20-35(36)51-39(56)37-32(31-15-13-26(45)19-34(31)50-37)21-30-18-28(47)22-55(30)43(60)38(44(4,5)6)53-41(58)25(3)49-8/h13-16,19-20,24-25,28-30,33,38,48-50H,9-12,17-18,21-23H2,1-8H3,(H,52,57)(H,53,58)/t24-,25-,28-,29-,30-,33-,38+/m0/s1. The summed E-state index contributed by atoms with van der Waals surface area (Å²) in [5, 5.41) is 12.3. The van der Waals surface area contributed by atoms with Crippen molar-refractivity contribution in [2.75, 3.05) is 27.2 Å². The second kappa shape index (κ2) is 18.3. The van der Waals surface area contributed by atoms with Gasteiger partial charge >= 0.3 is 0 Å². The van der Waals surface area contributed by atoms with E-state index >= 15 is 4.39 Å². The molecule has 2 fully saturated rings. The predicted octanol–water partition coefficient (Wildman–Crippen LogP) is 4.97. The van der Waals surface area contributed by atoms with Crippen LogP contribution in [0.4, 0.5) is 13.2 Å². The molecule has 0 unspecified atom stereocenters. The quantitative estimate of drug-likeness (QED) is 0.113. The molecule has 2 aliphatic heterocycles. The van der Waals surface area contributed by atoms with Gasteiger partial charge in [-0.25, -0.2) is 18.2 Å². The molecular weight excluding hydrogens is 776 g/mol. The van der Waals surface area contributed by atoms with Crippen molar-refractivity contribution in [3.63, 3.8) is 0 Å². The molecule has 0 aliphatic carbocycles. The second-order valence-electron chi connectivity index (χ2n) is 17.5. The third kappa shape index (κ3) is 9.34. The number of fused-ring (bicyclic) bond motifs is 2. The van der Waals surface area contributed by atoms with Crippen LogP contribution < -0.4 is 21.3 Å². The van der Waals surface area contributed by atoms with Crippen molar-refractivity contribution < 1.29 is 32.3 Å². The number of halogens is 3. The molecule has 0 spiro atoms. The minimum Gasteiger partial charge on any atom is -0.352 e. The third-order valence-electron chi connectivity index (χ3n) is 12.2. The number of alkyl halides is 1. The number of nitrogens with one attached hydrogen (secondary N) is 5. The number of nitrogens with zero attached hydrogens (tertiary/aromatic N) is 4. The molecule has 2 saturated heterocycles. The Bertz CT molecular complexity index is 2220. The lowest BCUT2D eigenvalue weighted by molar-refractivity contribution is -0.140. The van der Waals surface area contributed by atoms with Crippen molar-refractivity contribution in [3.05, 3.63) is 53.6 Å². The number of hydrogen-bond acceptors (Lipinski definition) is 7. The van der Waals surface area contributed by atoms with Crippen LogP contribution >= 0.6 is 0 Å². The molecule has 13 nitrogen and oxygen atoms in total. The number of benzene rings is 2. The van der Waals surface area contributed by atoms with E-state index in [2.05, 4.69) is 26.3 Å². The van der Waals surface area contributed by atoms with Gasteiger partial charge < -0.3 is 40.6 Å². The van der Waals surface area contributed by atoms with E-state index in [0.717, 1.165) is 6.42 Å². The van der Waals surface area contributed by atoms with Crippen LogP contribution in [0.3, 0.4) is 0 Å². The van der Waals surface area contributed by atoms with Crippen LogP contribution in [0.15, 0.2) is 36.4 Å². The molecule has 0 saturated carbocycles. The van der Waals surface area contributed by atoms with E-state index in [1.54, 1.807) is 40.1 Å². The number of aromatic amines is 1. The van der Waals surface area contributed by atoms with Gasteiger partial charge in [0.2, 0.25) is 23.6 Å². The van der Waals surface area contributed by atoms with Crippen LogP contribution in [0.2, 0.25) is 0 Å². The zero-order valence-corrected chi connectivity index (χ0v) is 35.9. The summed E-state index contributed by atoms with van der Waals surface area (Å²) in [6, 6.07) is 5.06. The number of aromatic nitrogens is 3. The highest BCUT2D eigenvalue weighted by atomic mass is 19.1. The Morgan fingerprint density at radius 3 is 2.25 bits per heavy atom. The van der Waals surface area contributed by atoms with E-state index in [1.165, 1.54) is 29.2 Å². The van der Waals surface area contributed by atoms with Gasteiger partial charge in [0.05, 0.1) is 35.4 Å². The Balaban J connectivity index is 1.40. The molecular formula is C44H60F3N9O4. The number of rotatable bonds is 15. The number of hydrogen-bond donors (Lipinski definition) is 5. The van der Waals surface area contributed by atoms with Crippen LogP contribution in [-0.2, 0) is 32.1 Å². The van der Waals surface area contributed by atoms with E-state index < -0.39 is 59.3 Å². The Morgan fingerprint density at radius 1 is 0.917 bits per heavy atom. The fraction of sp³-hybridized carbons (Fsp3) is 0.568. The zero-order valence-electron chi connectivity index (χ0n) is 35.9. The summed E-state index contributed by atoms with van der Waals surface area (Å²) in [4.78, 5) is 66.2. The molecule has 4 heterocycles. The fourth-order valence-electron chi connectivity index (χ4n) is 8.58. The Morgan fingerprint density at radius 2 is 1.58 bits per heavy atom. The van der Waals surface area contributed by atoms with Crippen molar-refractivity contribution in [3.8, 4) is 11.5 Å². The van der Waals surface area contributed by atoms with E-state index in [4.69, 9.17) is 4.98 Å². The first-order valence-electron chi connectivity index (χ1n) is 21.1. The first kappa shape index (κ1) is 44.6. The maximum Gasteiger partial charge on any atom is 0.246 e. The average molecular weight is 836 g/mol. The molecule has 0 bridgehead atoms. The molecule has 326 valence electrons. The lowest BCUT2D eigenvalue weighted by Gasteiger charge is -2.36. The van der Waals surface area contributed by atoms with Gasteiger partial charge in [-0.1, -0.05) is 34.1 Å². The second-order valence-corrected chi connectivity index (χ2v) is 17.5. The van der Waals surface area contributed by atoms with E-state index in [9.17, 15) is 28.0 Å². The Hall–Kier alpha value is -4.96. The summed E-state index contributed by atoms with van der Waals surface area (Å²) >= 11 is 0. The lowest BCUT2D eigenvalue weighted by atomic mass is 9.85. The smallest absolute Gasteiger partial charge is 0.246 e. The van der Waals surface area contributed by atoms with Crippen molar-refractivity contribution in [1.82, 2.24) is 45.6 Å². The van der Waals surface area contributed by atoms with Gasteiger partial charge in [-0.15, -0.1) is 0 Å². The van der Waals surface area contributed by atoms with Crippen molar-refractivity contribution in [1.29, 1.82) is 0 Å². The number of imidazole rings is 1. The molecule has 7 atom stereocenters. The number of carbonyl (C=O) groups excluding carboxylic acids is 4. The van der Waals surface area contributed by atoms with Crippen LogP contribution in [0.1, 0.15) is 79.2 Å². The van der Waals surface area contributed by atoms with Gasteiger partial charge in [0.15, 0.2) is 5.82 Å². The van der Waals surface area contributed by atoms with Gasteiger partial charge in [0.1, 0.15) is 29.9 Å². The van der Waals surface area contributed by atoms with Crippen LogP contribution in [0.5, 0.6) is 0 Å². The highest BCUT2D eigenvalue weighted by Crippen LogP contribution is 2.37. The Labute approximate surface area is 349 Å². The van der Waals surface area contributed by atoms with Gasteiger partial charge in [0, 0.05) is 48.6 Å². The summed E-state index contributed by atoms with van der Waals surface area (Å²) in [5.41, 5.74) is 1.91. The number of likely N-dealkylation sites (tertiary alicyclic amines) is 2. The highest BCUT2D eigenvalue weighted by Gasteiger charge is 2.43. The first-order chi connectivity index (χ1) is 28.4. The van der Waals surface area contributed by atoms with E-state index in [0.29, 0.717) is 64.8 Å². The van der Waals surface area contributed by atoms with Crippen molar-refractivity contribution >= 4 is 45.6 Å². The molecule has 6 rings (SSSR count). The van der Waals surface area contributed by atoms with E-state index in [1.807, 2.05) is 37.2 Å².